The average Bonchev–Trinajstić information content (AvgIpc) is 3.28. The van der Waals surface area contributed by atoms with Gasteiger partial charge >= 0.3 is 0 Å². The van der Waals surface area contributed by atoms with Gasteiger partial charge in [-0.15, -0.1) is 0 Å². The van der Waals surface area contributed by atoms with Crippen LogP contribution in [-0.4, -0.2) is 34.1 Å². The Morgan fingerprint density at radius 3 is 1.92 bits per heavy atom. The molecule has 0 aromatic heterocycles. The van der Waals surface area contributed by atoms with Crippen LogP contribution in [0.5, 0.6) is 0 Å². The third-order valence-corrected chi connectivity index (χ3v) is 15.9. The Kier molecular flexibility index (Phi) is 25.8. The van der Waals surface area contributed by atoms with Crippen LogP contribution in [0.25, 0.3) is 11.1 Å². The fourth-order valence-electron chi connectivity index (χ4n) is 11.6. The van der Waals surface area contributed by atoms with Crippen LogP contribution in [0.3, 0.4) is 0 Å². The van der Waals surface area contributed by atoms with Crippen molar-refractivity contribution in [3.05, 3.63) is 54.1 Å². The maximum Gasteiger partial charge on any atom is 0.0637 e. The van der Waals surface area contributed by atoms with Gasteiger partial charge in [0, 0.05) is 12.6 Å². The van der Waals surface area contributed by atoms with Gasteiger partial charge in [-0.05, 0) is 128 Å². The Morgan fingerprint density at radius 2 is 1.27 bits per heavy atom. The molecule has 344 valence electrons. The lowest BCUT2D eigenvalue weighted by Gasteiger charge is -2.47. The van der Waals surface area contributed by atoms with E-state index < -0.39 is 0 Å². The fourth-order valence-corrected chi connectivity index (χ4v) is 11.6. The zero-order chi connectivity index (χ0) is 43.9. The number of hydrogen-bond donors (Lipinski definition) is 2. The standard InChI is InChI=1S/C56H98N2O2/c1-11-18-22-23-24-40-57(59)43(8)34-35-46(15-5)50-29-26-31-52(42-50)56(47(16-6)27-19-12-2)55(33-21-14-4)45(10)44(9)49-28-25-30-51(41-49)48-36-38-54(39-37-48)58(60)53(17-7)32-20-13-3/h25,28,30,36-39,41,43-47,50,52-53,55-56,59-60H,11-24,26-27,29,31-35,40,42H2,1-10H3. The zero-order valence-corrected chi connectivity index (χ0v) is 41.2. The van der Waals surface area contributed by atoms with E-state index in [1.165, 1.54) is 131 Å². The molecule has 10 unspecified atom stereocenters. The van der Waals surface area contributed by atoms with Gasteiger partial charge in [-0.1, -0.05) is 201 Å². The molecule has 4 heteroatoms. The van der Waals surface area contributed by atoms with Crippen LogP contribution in [0.4, 0.5) is 5.69 Å². The van der Waals surface area contributed by atoms with E-state index in [2.05, 4.69) is 118 Å². The van der Waals surface area contributed by atoms with E-state index in [-0.39, 0.29) is 12.1 Å². The summed E-state index contributed by atoms with van der Waals surface area (Å²) in [6, 6.07) is 18.5. The van der Waals surface area contributed by atoms with Gasteiger partial charge in [0.05, 0.1) is 11.7 Å². The molecule has 0 heterocycles. The number of benzene rings is 2. The summed E-state index contributed by atoms with van der Waals surface area (Å²) in [5.74, 6) is 5.79. The number of nitrogens with zero attached hydrogens (tertiary/aromatic N) is 2. The first-order valence-electron chi connectivity index (χ1n) is 26.2. The van der Waals surface area contributed by atoms with E-state index in [4.69, 9.17) is 0 Å². The first-order valence-corrected chi connectivity index (χ1v) is 26.2. The molecule has 2 aromatic carbocycles. The molecule has 4 nitrogen and oxygen atoms in total. The van der Waals surface area contributed by atoms with Gasteiger partial charge in [0.15, 0.2) is 0 Å². The van der Waals surface area contributed by atoms with Gasteiger partial charge in [-0.3, -0.25) is 10.3 Å². The molecule has 2 N–H and O–H groups in total. The first kappa shape index (κ1) is 52.5. The number of hydrogen-bond acceptors (Lipinski definition) is 4. The summed E-state index contributed by atoms with van der Waals surface area (Å²) in [6.45, 7) is 24.7. The topological polar surface area (TPSA) is 46.9 Å². The van der Waals surface area contributed by atoms with Gasteiger partial charge in [0.2, 0.25) is 0 Å². The van der Waals surface area contributed by atoms with E-state index in [0.717, 1.165) is 86.3 Å². The number of rotatable bonds is 32. The lowest BCUT2D eigenvalue weighted by Crippen LogP contribution is -2.39. The van der Waals surface area contributed by atoms with Crippen molar-refractivity contribution in [2.75, 3.05) is 11.6 Å². The molecule has 1 aliphatic carbocycles. The van der Waals surface area contributed by atoms with Crippen LogP contribution >= 0.6 is 0 Å². The molecule has 1 fully saturated rings. The number of anilines is 1. The largest absolute Gasteiger partial charge is 0.314 e. The van der Waals surface area contributed by atoms with E-state index >= 15 is 0 Å². The Balaban J connectivity index is 1.84. The molecule has 1 saturated carbocycles. The molecule has 0 saturated heterocycles. The number of hydroxylamine groups is 3. The van der Waals surface area contributed by atoms with Crippen molar-refractivity contribution in [2.45, 2.75) is 235 Å². The Morgan fingerprint density at radius 1 is 0.617 bits per heavy atom. The molecule has 3 rings (SSSR count). The SMILES string of the molecule is CCCCCCCN(O)C(C)CCC(CC)C1CCCC(C(C(CC)CCCC)C(CCCC)C(C)C(C)c2cccc(-c3ccc(N(O)C(CC)CCCC)cc3)c2)C1. The highest BCUT2D eigenvalue weighted by Crippen LogP contribution is 2.50. The van der Waals surface area contributed by atoms with Crippen molar-refractivity contribution < 1.29 is 10.4 Å². The molecule has 60 heavy (non-hydrogen) atoms. The predicted molar refractivity (Wildman–Crippen MR) is 262 cm³/mol. The van der Waals surface area contributed by atoms with Crippen LogP contribution in [-0.2, 0) is 0 Å². The maximum atomic E-state index is 11.1. The second-order valence-corrected chi connectivity index (χ2v) is 19.9. The highest BCUT2D eigenvalue weighted by molar-refractivity contribution is 5.67. The van der Waals surface area contributed by atoms with Crippen molar-refractivity contribution in [2.24, 2.45) is 41.4 Å². The summed E-state index contributed by atoms with van der Waals surface area (Å²) in [6.07, 6.45) is 29.0. The minimum absolute atomic E-state index is 0.162. The lowest BCUT2D eigenvalue weighted by atomic mass is 9.58. The third-order valence-electron chi connectivity index (χ3n) is 15.9. The van der Waals surface area contributed by atoms with Crippen molar-refractivity contribution in [3.63, 3.8) is 0 Å². The van der Waals surface area contributed by atoms with Crippen LogP contribution in [0.2, 0.25) is 0 Å². The fraction of sp³-hybridized carbons (Fsp3) is 0.786. The predicted octanol–water partition coefficient (Wildman–Crippen LogP) is 17.6. The molecule has 0 bridgehead atoms. The van der Waals surface area contributed by atoms with Gasteiger partial charge in [-0.2, -0.15) is 5.06 Å². The van der Waals surface area contributed by atoms with Crippen molar-refractivity contribution in [3.8, 4) is 11.1 Å². The molecule has 10 atom stereocenters. The zero-order valence-electron chi connectivity index (χ0n) is 41.2. The Labute approximate surface area is 373 Å². The van der Waals surface area contributed by atoms with Gasteiger partial charge in [-0.25, -0.2) is 0 Å². The van der Waals surface area contributed by atoms with E-state index in [9.17, 15) is 10.4 Å². The van der Waals surface area contributed by atoms with Crippen LogP contribution < -0.4 is 5.06 Å². The number of unbranched alkanes of at least 4 members (excludes halogenated alkanes) is 7. The van der Waals surface area contributed by atoms with Crippen molar-refractivity contribution >= 4 is 5.69 Å². The monoisotopic (exact) mass is 831 g/mol. The Hall–Kier alpha value is -1.88. The third kappa shape index (κ3) is 16.3. The van der Waals surface area contributed by atoms with Gasteiger partial charge in [0.1, 0.15) is 0 Å². The first-order chi connectivity index (χ1) is 29.1. The lowest BCUT2D eigenvalue weighted by molar-refractivity contribution is -0.125. The van der Waals surface area contributed by atoms with E-state index in [1.54, 1.807) is 5.06 Å². The summed E-state index contributed by atoms with van der Waals surface area (Å²) in [5, 5.41) is 25.2. The molecule has 0 spiro atoms. The summed E-state index contributed by atoms with van der Waals surface area (Å²) < 4.78 is 0. The molecule has 0 amide bonds. The average molecular weight is 831 g/mol. The van der Waals surface area contributed by atoms with Crippen molar-refractivity contribution in [1.29, 1.82) is 0 Å². The molecule has 1 aliphatic rings. The van der Waals surface area contributed by atoms with Gasteiger partial charge in [0.25, 0.3) is 0 Å². The van der Waals surface area contributed by atoms with E-state index in [0.29, 0.717) is 11.8 Å². The molecular weight excluding hydrogens is 733 g/mol. The second kappa shape index (κ2) is 29.5. The van der Waals surface area contributed by atoms with E-state index in [1.807, 2.05) is 0 Å². The quantitative estimate of drug-likeness (QED) is 0.0570. The Bertz CT molecular complexity index is 1360. The normalized spacial score (nSPS) is 20.0. The van der Waals surface area contributed by atoms with Crippen LogP contribution in [0.1, 0.15) is 228 Å². The maximum absolute atomic E-state index is 11.1. The molecule has 0 aliphatic heterocycles. The summed E-state index contributed by atoms with van der Waals surface area (Å²) in [7, 11) is 0. The van der Waals surface area contributed by atoms with Crippen LogP contribution in [0.15, 0.2) is 48.5 Å². The molecule has 0 radical (unpaired) electrons. The second-order valence-electron chi connectivity index (χ2n) is 19.9. The van der Waals surface area contributed by atoms with Gasteiger partial charge < -0.3 is 5.21 Å². The smallest absolute Gasteiger partial charge is 0.0637 e. The summed E-state index contributed by atoms with van der Waals surface area (Å²) in [4.78, 5) is 0. The molecule has 2 aromatic rings. The summed E-state index contributed by atoms with van der Waals surface area (Å²) in [5.41, 5.74) is 4.87. The highest BCUT2D eigenvalue weighted by atomic mass is 16.5. The minimum Gasteiger partial charge on any atom is -0.314 e. The summed E-state index contributed by atoms with van der Waals surface area (Å²) >= 11 is 0. The van der Waals surface area contributed by atoms with Crippen molar-refractivity contribution in [1.82, 2.24) is 5.06 Å². The highest BCUT2D eigenvalue weighted by Gasteiger charge is 2.41. The van der Waals surface area contributed by atoms with Crippen LogP contribution in [0, 0.1) is 41.4 Å². The minimum atomic E-state index is 0.162. The molecular formula is C56H98N2O2.